The van der Waals surface area contributed by atoms with Crippen molar-refractivity contribution in [1.82, 2.24) is 14.9 Å². The SMILES string of the molecule is COc1cc(CNC(=O)CCn2cnc3ccccc3c2=O)ccc1OCCC(C)C. The van der Waals surface area contributed by atoms with Crippen LogP contribution in [0.4, 0.5) is 0 Å². The molecular weight excluding hydrogens is 394 g/mol. The number of methoxy groups -OCH3 is 1. The molecule has 1 N–H and O–H groups in total. The van der Waals surface area contributed by atoms with Gasteiger partial charge < -0.3 is 14.8 Å². The Morgan fingerprint density at radius 3 is 2.74 bits per heavy atom. The Bertz CT molecular complexity index is 1090. The van der Waals surface area contributed by atoms with Crippen LogP contribution in [0.15, 0.2) is 53.6 Å². The molecule has 3 rings (SSSR count). The molecule has 164 valence electrons. The van der Waals surface area contributed by atoms with E-state index < -0.39 is 0 Å². The minimum Gasteiger partial charge on any atom is -0.493 e. The smallest absolute Gasteiger partial charge is 0.261 e. The quantitative estimate of drug-likeness (QED) is 0.539. The molecule has 7 heteroatoms. The molecule has 0 saturated heterocycles. The highest BCUT2D eigenvalue weighted by molar-refractivity contribution is 5.77. The fourth-order valence-corrected chi connectivity index (χ4v) is 3.12. The Balaban J connectivity index is 1.53. The van der Waals surface area contributed by atoms with E-state index in [9.17, 15) is 9.59 Å². The van der Waals surface area contributed by atoms with Gasteiger partial charge in [0, 0.05) is 19.5 Å². The number of benzene rings is 2. The molecule has 1 amide bonds. The fourth-order valence-electron chi connectivity index (χ4n) is 3.12. The van der Waals surface area contributed by atoms with Gasteiger partial charge in [-0.1, -0.05) is 32.0 Å². The summed E-state index contributed by atoms with van der Waals surface area (Å²) in [5.74, 6) is 1.77. The summed E-state index contributed by atoms with van der Waals surface area (Å²) in [6, 6.07) is 12.8. The van der Waals surface area contributed by atoms with Crippen molar-refractivity contribution in [2.24, 2.45) is 5.92 Å². The lowest BCUT2D eigenvalue weighted by molar-refractivity contribution is -0.121. The van der Waals surface area contributed by atoms with Crippen molar-refractivity contribution in [1.29, 1.82) is 0 Å². The largest absolute Gasteiger partial charge is 0.493 e. The molecule has 2 aromatic carbocycles. The van der Waals surface area contributed by atoms with Gasteiger partial charge in [-0.25, -0.2) is 4.98 Å². The molecule has 0 spiro atoms. The van der Waals surface area contributed by atoms with Crippen LogP contribution in [0.1, 0.15) is 32.3 Å². The molecular formula is C24H29N3O4. The maximum absolute atomic E-state index is 12.5. The zero-order valence-corrected chi connectivity index (χ0v) is 18.3. The predicted octanol–water partition coefficient (Wildman–Crippen LogP) is 3.54. The summed E-state index contributed by atoms with van der Waals surface area (Å²) in [4.78, 5) is 29.1. The third-order valence-corrected chi connectivity index (χ3v) is 4.98. The van der Waals surface area contributed by atoms with Crippen molar-refractivity contribution in [3.8, 4) is 11.5 Å². The van der Waals surface area contributed by atoms with E-state index in [1.54, 1.807) is 25.3 Å². The first-order valence-corrected chi connectivity index (χ1v) is 10.5. The number of aryl methyl sites for hydroxylation is 1. The topological polar surface area (TPSA) is 82.5 Å². The summed E-state index contributed by atoms with van der Waals surface area (Å²) in [6.45, 7) is 5.58. The van der Waals surface area contributed by atoms with E-state index in [1.165, 1.54) is 10.9 Å². The molecule has 0 aliphatic heterocycles. The third kappa shape index (κ3) is 6.07. The molecule has 31 heavy (non-hydrogen) atoms. The van der Waals surface area contributed by atoms with Gasteiger partial charge in [-0.15, -0.1) is 0 Å². The van der Waals surface area contributed by atoms with E-state index in [-0.39, 0.29) is 24.4 Å². The van der Waals surface area contributed by atoms with Gasteiger partial charge in [0.2, 0.25) is 5.91 Å². The summed E-state index contributed by atoms with van der Waals surface area (Å²) >= 11 is 0. The molecule has 1 aromatic heterocycles. The van der Waals surface area contributed by atoms with E-state index in [0.717, 1.165) is 12.0 Å². The second-order valence-electron chi connectivity index (χ2n) is 7.80. The Kier molecular flexibility index (Phi) is 7.65. The van der Waals surface area contributed by atoms with E-state index in [4.69, 9.17) is 9.47 Å². The highest BCUT2D eigenvalue weighted by Crippen LogP contribution is 2.28. The van der Waals surface area contributed by atoms with Crippen LogP contribution >= 0.6 is 0 Å². The number of aromatic nitrogens is 2. The van der Waals surface area contributed by atoms with Crippen LogP contribution < -0.4 is 20.3 Å². The van der Waals surface area contributed by atoms with Crippen LogP contribution in [0, 0.1) is 5.92 Å². The molecule has 0 unspecified atom stereocenters. The van der Waals surface area contributed by atoms with Gasteiger partial charge >= 0.3 is 0 Å². The lowest BCUT2D eigenvalue weighted by atomic mass is 10.1. The van der Waals surface area contributed by atoms with Gasteiger partial charge in [-0.2, -0.15) is 0 Å². The van der Waals surface area contributed by atoms with Gasteiger partial charge in [0.05, 0.1) is 30.9 Å². The number of hydrogen-bond acceptors (Lipinski definition) is 5. The first-order chi connectivity index (χ1) is 15.0. The molecule has 0 aliphatic rings. The summed E-state index contributed by atoms with van der Waals surface area (Å²) in [7, 11) is 1.60. The zero-order chi connectivity index (χ0) is 22.2. The number of nitrogens with zero attached hydrogens (tertiary/aromatic N) is 2. The van der Waals surface area contributed by atoms with E-state index >= 15 is 0 Å². The summed E-state index contributed by atoms with van der Waals surface area (Å²) in [5.41, 5.74) is 1.42. The lowest BCUT2D eigenvalue weighted by Gasteiger charge is -2.13. The number of hydrogen-bond donors (Lipinski definition) is 1. The number of fused-ring (bicyclic) bond motifs is 1. The maximum atomic E-state index is 12.5. The van der Waals surface area contributed by atoms with Crippen molar-refractivity contribution >= 4 is 16.8 Å². The number of rotatable bonds is 10. The Hall–Kier alpha value is -3.35. The molecule has 0 aliphatic carbocycles. The molecule has 1 heterocycles. The average Bonchev–Trinajstić information content (AvgIpc) is 2.77. The van der Waals surface area contributed by atoms with Gasteiger partial charge in [-0.05, 0) is 42.2 Å². The van der Waals surface area contributed by atoms with Crippen molar-refractivity contribution in [2.45, 2.75) is 39.8 Å². The maximum Gasteiger partial charge on any atom is 0.261 e. The van der Waals surface area contributed by atoms with Gasteiger partial charge in [0.15, 0.2) is 11.5 Å². The second kappa shape index (κ2) is 10.6. The van der Waals surface area contributed by atoms with Crippen molar-refractivity contribution in [3.63, 3.8) is 0 Å². The van der Waals surface area contributed by atoms with Crippen LogP contribution in [0.5, 0.6) is 11.5 Å². The highest BCUT2D eigenvalue weighted by atomic mass is 16.5. The number of ether oxygens (including phenoxy) is 2. The van der Waals surface area contributed by atoms with E-state index in [1.807, 2.05) is 24.3 Å². The number of para-hydroxylation sites is 1. The van der Waals surface area contributed by atoms with Gasteiger partial charge in [0.1, 0.15) is 0 Å². The lowest BCUT2D eigenvalue weighted by Crippen LogP contribution is -2.27. The van der Waals surface area contributed by atoms with Crippen molar-refractivity contribution < 1.29 is 14.3 Å². The van der Waals surface area contributed by atoms with Gasteiger partial charge in [-0.3, -0.25) is 14.2 Å². The molecule has 7 nitrogen and oxygen atoms in total. The van der Waals surface area contributed by atoms with Crippen LogP contribution in [0.25, 0.3) is 10.9 Å². The number of carbonyl (C=O) groups excluding carboxylic acids is 1. The standard InChI is InChI=1S/C24H29N3O4/c1-17(2)11-13-31-21-9-8-18(14-22(21)30-3)15-25-23(28)10-12-27-16-26-20-7-5-4-6-19(20)24(27)29/h4-9,14,16-17H,10-13,15H2,1-3H3,(H,25,28). The predicted molar refractivity (Wildman–Crippen MR) is 120 cm³/mol. The molecule has 0 saturated carbocycles. The minimum atomic E-state index is -0.142. The monoisotopic (exact) mass is 423 g/mol. The molecule has 0 fully saturated rings. The van der Waals surface area contributed by atoms with E-state index in [0.29, 0.717) is 41.5 Å². The molecule has 0 radical (unpaired) electrons. The molecule has 0 atom stereocenters. The van der Waals surface area contributed by atoms with Crippen LogP contribution in [-0.2, 0) is 17.9 Å². The normalized spacial score (nSPS) is 11.0. The third-order valence-electron chi connectivity index (χ3n) is 4.98. The average molecular weight is 424 g/mol. The number of nitrogens with one attached hydrogen (secondary N) is 1. The Morgan fingerprint density at radius 2 is 1.97 bits per heavy atom. The first kappa shape index (κ1) is 22.3. The second-order valence-corrected chi connectivity index (χ2v) is 7.80. The summed E-state index contributed by atoms with van der Waals surface area (Å²) in [5, 5.41) is 3.43. The summed E-state index contributed by atoms with van der Waals surface area (Å²) < 4.78 is 12.7. The Morgan fingerprint density at radius 1 is 1.16 bits per heavy atom. The van der Waals surface area contributed by atoms with Crippen LogP contribution in [-0.4, -0.2) is 29.2 Å². The minimum absolute atomic E-state index is 0.142. The fraction of sp³-hybridized carbons (Fsp3) is 0.375. The van der Waals surface area contributed by atoms with Crippen molar-refractivity contribution in [2.75, 3.05) is 13.7 Å². The highest BCUT2D eigenvalue weighted by Gasteiger charge is 2.09. The van der Waals surface area contributed by atoms with E-state index in [2.05, 4.69) is 24.1 Å². The number of amides is 1. The first-order valence-electron chi connectivity index (χ1n) is 10.5. The zero-order valence-electron chi connectivity index (χ0n) is 18.3. The van der Waals surface area contributed by atoms with Crippen LogP contribution in [0.2, 0.25) is 0 Å². The summed E-state index contributed by atoms with van der Waals surface area (Å²) in [6.07, 6.45) is 2.64. The van der Waals surface area contributed by atoms with Crippen LogP contribution in [0.3, 0.4) is 0 Å². The Labute approximate surface area is 182 Å². The number of carbonyl (C=O) groups is 1. The van der Waals surface area contributed by atoms with Crippen molar-refractivity contribution in [3.05, 3.63) is 64.7 Å². The molecule has 0 bridgehead atoms. The van der Waals surface area contributed by atoms with Gasteiger partial charge in [0.25, 0.3) is 5.56 Å². The molecule has 3 aromatic rings.